The number of benzene rings is 3. The van der Waals surface area contributed by atoms with Crippen molar-refractivity contribution in [2.24, 2.45) is 0 Å². The quantitative estimate of drug-likeness (QED) is 0.263. The topological polar surface area (TPSA) is 37.3 Å². The summed E-state index contributed by atoms with van der Waals surface area (Å²) in [6, 6.07) is 29.6. The number of rotatable bonds is 11. The zero-order valence-corrected chi connectivity index (χ0v) is 21.2. The van der Waals surface area contributed by atoms with E-state index in [-0.39, 0.29) is 11.8 Å². The third-order valence-corrected chi connectivity index (χ3v) is 6.62. The van der Waals surface area contributed by atoms with Crippen molar-refractivity contribution in [2.45, 2.75) is 38.6 Å². The number of nitrogens with one attached hydrogen (secondary N) is 1. The zero-order valence-electron chi connectivity index (χ0n) is 21.2. The Morgan fingerprint density at radius 3 is 2.06 bits per heavy atom. The Morgan fingerprint density at radius 1 is 0.857 bits per heavy atom. The molecule has 0 aliphatic heterocycles. The van der Waals surface area contributed by atoms with E-state index in [9.17, 15) is 4.79 Å². The van der Waals surface area contributed by atoms with E-state index in [0.717, 1.165) is 54.5 Å². The molecule has 0 aliphatic carbocycles. The molecule has 0 fully saturated rings. The summed E-state index contributed by atoms with van der Waals surface area (Å²) in [4.78, 5) is 16.1. The molecule has 35 heavy (non-hydrogen) atoms. The molecule has 0 spiro atoms. The van der Waals surface area contributed by atoms with Gasteiger partial charge in [-0.15, -0.1) is 0 Å². The molecular formula is C31H37N3O. The van der Waals surface area contributed by atoms with Crippen molar-refractivity contribution >= 4 is 16.8 Å². The van der Waals surface area contributed by atoms with Gasteiger partial charge in [-0.2, -0.15) is 0 Å². The van der Waals surface area contributed by atoms with Crippen LogP contribution in [0.2, 0.25) is 0 Å². The molecule has 0 saturated carbocycles. The van der Waals surface area contributed by atoms with E-state index >= 15 is 0 Å². The van der Waals surface area contributed by atoms with Crippen LogP contribution in [0, 0.1) is 0 Å². The molecule has 0 bridgehead atoms. The number of carbonyl (C=O) groups is 1. The van der Waals surface area contributed by atoms with Gasteiger partial charge in [0, 0.05) is 42.0 Å². The van der Waals surface area contributed by atoms with Crippen LogP contribution in [-0.4, -0.2) is 42.6 Å². The SMILES string of the molecule is CCCCCNC(=O)c1c(C(c2ccccc2)c2ccccc2)c2ccccc2n1CCN(C)C. The van der Waals surface area contributed by atoms with E-state index in [1.54, 1.807) is 0 Å². The highest BCUT2D eigenvalue weighted by Crippen LogP contribution is 2.40. The predicted octanol–water partition coefficient (Wildman–Crippen LogP) is 6.30. The van der Waals surface area contributed by atoms with E-state index in [2.05, 4.69) is 109 Å². The van der Waals surface area contributed by atoms with Gasteiger partial charge in [0.1, 0.15) is 5.69 Å². The summed E-state index contributed by atoms with van der Waals surface area (Å²) < 4.78 is 2.23. The van der Waals surface area contributed by atoms with Crippen molar-refractivity contribution < 1.29 is 4.79 Å². The second-order valence-corrected chi connectivity index (χ2v) is 9.45. The summed E-state index contributed by atoms with van der Waals surface area (Å²) in [6.45, 7) is 4.49. The van der Waals surface area contributed by atoms with Crippen molar-refractivity contribution in [3.05, 3.63) is 107 Å². The number of para-hydroxylation sites is 1. The molecule has 1 N–H and O–H groups in total. The van der Waals surface area contributed by atoms with Crippen LogP contribution in [0.3, 0.4) is 0 Å². The number of amides is 1. The second kappa shape index (κ2) is 11.9. The summed E-state index contributed by atoms with van der Waals surface area (Å²) in [7, 11) is 4.15. The van der Waals surface area contributed by atoms with Gasteiger partial charge < -0.3 is 14.8 Å². The van der Waals surface area contributed by atoms with E-state index in [4.69, 9.17) is 0 Å². The summed E-state index contributed by atoms with van der Waals surface area (Å²) in [5.74, 6) is -0.0257. The fraction of sp³-hybridized carbons (Fsp3) is 0.323. The summed E-state index contributed by atoms with van der Waals surface area (Å²) in [5.41, 5.74) is 5.36. The lowest BCUT2D eigenvalue weighted by Gasteiger charge is -2.21. The molecule has 1 amide bonds. The minimum Gasteiger partial charge on any atom is -0.351 e. The van der Waals surface area contributed by atoms with Crippen LogP contribution in [0.15, 0.2) is 84.9 Å². The number of nitrogens with zero attached hydrogens (tertiary/aromatic N) is 2. The molecule has 1 aromatic heterocycles. The molecule has 4 aromatic rings. The summed E-state index contributed by atoms with van der Waals surface area (Å²) in [5, 5.41) is 4.39. The first kappa shape index (κ1) is 24.7. The number of hydrogen-bond acceptors (Lipinski definition) is 2. The van der Waals surface area contributed by atoms with Gasteiger partial charge in [-0.25, -0.2) is 0 Å². The highest BCUT2D eigenvalue weighted by molar-refractivity contribution is 6.02. The maximum Gasteiger partial charge on any atom is 0.268 e. The first-order chi connectivity index (χ1) is 17.1. The van der Waals surface area contributed by atoms with Gasteiger partial charge >= 0.3 is 0 Å². The average molecular weight is 468 g/mol. The van der Waals surface area contributed by atoms with Crippen LogP contribution in [0.5, 0.6) is 0 Å². The lowest BCUT2D eigenvalue weighted by molar-refractivity contribution is 0.0942. The molecule has 4 rings (SSSR count). The van der Waals surface area contributed by atoms with E-state index in [1.807, 2.05) is 12.1 Å². The first-order valence-electron chi connectivity index (χ1n) is 12.8. The molecule has 1 heterocycles. The van der Waals surface area contributed by atoms with Crippen LogP contribution in [0.1, 0.15) is 59.3 Å². The Balaban J connectivity index is 1.94. The molecule has 3 aromatic carbocycles. The van der Waals surface area contributed by atoms with Gasteiger partial charge in [0.05, 0.1) is 0 Å². The van der Waals surface area contributed by atoms with Gasteiger partial charge in [-0.1, -0.05) is 98.6 Å². The minimum atomic E-state index is -0.0423. The smallest absolute Gasteiger partial charge is 0.268 e. The van der Waals surface area contributed by atoms with Gasteiger partial charge in [0.15, 0.2) is 0 Å². The predicted molar refractivity (Wildman–Crippen MR) is 146 cm³/mol. The summed E-state index contributed by atoms with van der Waals surface area (Å²) in [6.07, 6.45) is 3.25. The molecule has 0 radical (unpaired) electrons. The Labute approximate surface area is 209 Å². The van der Waals surface area contributed by atoms with E-state index in [0.29, 0.717) is 6.54 Å². The number of unbranched alkanes of at least 4 members (excludes halogenated alkanes) is 2. The first-order valence-corrected chi connectivity index (χ1v) is 12.8. The van der Waals surface area contributed by atoms with E-state index in [1.165, 1.54) is 11.1 Å². The second-order valence-electron chi connectivity index (χ2n) is 9.45. The van der Waals surface area contributed by atoms with Crippen molar-refractivity contribution in [3.8, 4) is 0 Å². The largest absolute Gasteiger partial charge is 0.351 e. The third-order valence-electron chi connectivity index (χ3n) is 6.62. The maximum absolute atomic E-state index is 13.9. The van der Waals surface area contributed by atoms with Crippen LogP contribution in [-0.2, 0) is 6.54 Å². The van der Waals surface area contributed by atoms with Crippen molar-refractivity contribution in [1.29, 1.82) is 0 Å². The molecule has 0 atom stereocenters. The lowest BCUT2D eigenvalue weighted by Crippen LogP contribution is -2.30. The maximum atomic E-state index is 13.9. The van der Waals surface area contributed by atoms with Gasteiger partial charge in [0.2, 0.25) is 0 Å². The third kappa shape index (κ3) is 5.66. The standard InChI is InChI=1S/C31H37N3O/c1-4-5-14-21-32-31(35)30-29(26-19-12-13-20-27(26)34(30)23-22-33(2)3)28(24-15-8-6-9-16-24)25-17-10-7-11-18-25/h6-13,15-20,28H,4-5,14,21-23H2,1-3H3,(H,32,35). The minimum absolute atomic E-state index is 0.0166. The summed E-state index contributed by atoms with van der Waals surface area (Å²) >= 11 is 0. The number of carbonyl (C=O) groups excluding carboxylic acids is 1. The fourth-order valence-electron chi connectivity index (χ4n) is 4.88. The number of aromatic nitrogens is 1. The average Bonchev–Trinajstić information content (AvgIpc) is 3.21. The Hall–Kier alpha value is -3.37. The molecule has 0 unspecified atom stereocenters. The highest BCUT2D eigenvalue weighted by atomic mass is 16.1. The Morgan fingerprint density at radius 2 is 1.46 bits per heavy atom. The van der Waals surface area contributed by atoms with Crippen LogP contribution < -0.4 is 5.32 Å². The number of fused-ring (bicyclic) bond motifs is 1. The molecule has 0 saturated heterocycles. The normalized spacial score (nSPS) is 11.5. The van der Waals surface area contributed by atoms with Crippen molar-refractivity contribution in [3.63, 3.8) is 0 Å². The lowest BCUT2D eigenvalue weighted by atomic mass is 9.83. The number of likely N-dealkylation sites (N-methyl/N-ethyl adjacent to an activating group) is 1. The van der Waals surface area contributed by atoms with E-state index < -0.39 is 0 Å². The monoisotopic (exact) mass is 467 g/mol. The van der Waals surface area contributed by atoms with Gasteiger partial charge in [0.25, 0.3) is 5.91 Å². The fourth-order valence-corrected chi connectivity index (χ4v) is 4.88. The zero-order chi connectivity index (χ0) is 24.6. The van der Waals surface area contributed by atoms with Gasteiger partial charge in [-0.05, 0) is 37.7 Å². The molecule has 182 valence electrons. The molecule has 4 heteroatoms. The Kier molecular flexibility index (Phi) is 8.38. The van der Waals surface area contributed by atoms with Crippen LogP contribution >= 0.6 is 0 Å². The Bertz CT molecular complexity index is 1190. The number of hydrogen-bond donors (Lipinski definition) is 1. The van der Waals surface area contributed by atoms with Crippen molar-refractivity contribution in [2.75, 3.05) is 27.2 Å². The van der Waals surface area contributed by atoms with Gasteiger partial charge in [-0.3, -0.25) is 4.79 Å². The molecule has 0 aliphatic rings. The molecular weight excluding hydrogens is 430 g/mol. The van der Waals surface area contributed by atoms with Crippen LogP contribution in [0.25, 0.3) is 10.9 Å². The van der Waals surface area contributed by atoms with Crippen LogP contribution in [0.4, 0.5) is 0 Å². The highest BCUT2D eigenvalue weighted by Gasteiger charge is 2.29. The van der Waals surface area contributed by atoms with Crippen molar-refractivity contribution in [1.82, 2.24) is 14.8 Å². The molecule has 4 nitrogen and oxygen atoms in total.